The molecular weight excluding hydrogens is 314 g/mol. The van der Waals surface area contributed by atoms with E-state index in [1.54, 1.807) is 18.2 Å². The van der Waals surface area contributed by atoms with Crippen LogP contribution in [0.4, 0.5) is 0 Å². The number of halogens is 1. The van der Waals surface area contributed by atoms with Crippen LogP contribution in [0.15, 0.2) is 42.6 Å². The Kier molecular flexibility index (Phi) is 4.57. The fraction of sp³-hybridized carbons (Fsp3) is 0.235. The highest BCUT2D eigenvalue weighted by Crippen LogP contribution is 2.19. The molecule has 118 valence electrons. The van der Waals surface area contributed by atoms with E-state index in [-0.39, 0.29) is 23.6 Å². The fourth-order valence-corrected chi connectivity index (χ4v) is 2.20. The number of carbonyl (C=O) groups excluding carboxylic acids is 2. The minimum absolute atomic E-state index is 0.236. The number of benzene rings is 1. The van der Waals surface area contributed by atoms with Gasteiger partial charge in [0, 0.05) is 29.4 Å². The molecule has 0 unspecified atom stereocenters. The van der Waals surface area contributed by atoms with Gasteiger partial charge in [-0.05, 0) is 42.7 Å². The summed E-state index contributed by atoms with van der Waals surface area (Å²) in [5.41, 5.74) is 1.62. The molecule has 2 N–H and O–H groups in total. The van der Waals surface area contributed by atoms with Gasteiger partial charge in [0.25, 0.3) is 11.8 Å². The number of rotatable bonds is 5. The van der Waals surface area contributed by atoms with Crippen molar-refractivity contribution in [1.29, 1.82) is 0 Å². The summed E-state index contributed by atoms with van der Waals surface area (Å²) in [6.07, 6.45) is 3.49. The number of carbonyl (C=O) groups is 2. The zero-order valence-electron chi connectivity index (χ0n) is 12.4. The van der Waals surface area contributed by atoms with Crippen molar-refractivity contribution in [2.75, 3.05) is 0 Å². The van der Waals surface area contributed by atoms with Crippen LogP contribution in [0.3, 0.4) is 0 Å². The Morgan fingerprint density at radius 3 is 2.57 bits per heavy atom. The van der Waals surface area contributed by atoms with Gasteiger partial charge >= 0.3 is 0 Å². The molecule has 6 heteroatoms. The molecule has 23 heavy (non-hydrogen) atoms. The van der Waals surface area contributed by atoms with Gasteiger partial charge in [-0.15, -0.1) is 0 Å². The third kappa shape index (κ3) is 4.29. The number of amides is 2. The maximum absolute atomic E-state index is 12.2. The normalized spacial score (nSPS) is 13.4. The largest absolute Gasteiger partial charge is 0.348 e. The van der Waals surface area contributed by atoms with E-state index >= 15 is 0 Å². The highest BCUT2D eigenvalue weighted by molar-refractivity contribution is 6.30. The lowest BCUT2D eigenvalue weighted by Gasteiger charge is -2.07. The average molecular weight is 330 g/mol. The molecule has 1 fully saturated rings. The topological polar surface area (TPSA) is 71.1 Å². The molecule has 0 aliphatic heterocycles. The zero-order valence-corrected chi connectivity index (χ0v) is 13.1. The monoisotopic (exact) mass is 329 g/mol. The summed E-state index contributed by atoms with van der Waals surface area (Å²) in [5.74, 6) is -0.484. The van der Waals surface area contributed by atoms with E-state index in [4.69, 9.17) is 11.6 Å². The van der Waals surface area contributed by atoms with Gasteiger partial charge in [-0.2, -0.15) is 0 Å². The SMILES string of the molecule is O=C(NCc1ccc(Cl)cc1)c1ccnc(C(=O)NC2CC2)c1. The van der Waals surface area contributed by atoms with Gasteiger partial charge in [0.05, 0.1) is 0 Å². The molecule has 1 aliphatic carbocycles. The Morgan fingerprint density at radius 1 is 1.13 bits per heavy atom. The van der Waals surface area contributed by atoms with Crippen molar-refractivity contribution in [2.45, 2.75) is 25.4 Å². The van der Waals surface area contributed by atoms with Gasteiger partial charge in [-0.3, -0.25) is 14.6 Å². The van der Waals surface area contributed by atoms with E-state index in [9.17, 15) is 9.59 Å². The van der Waals surface area contributed by atoms with Crippen molar-refractivity contribution in [3.05, 3.63) is 64.4 Å². The predicted molar refractivity (Wildman–Crippen MR) is 87.3 cm³/mol. The molecule has 2 aromatic rings. The molecule has 1 aromatic carbocycles. The molecular formula is C17H16ClN3O2. The minimum atomic E-state index is -0.247. The van der Waals surface area contributed by atoms with E-state index in [0.717, 1.165) is 18.4 Å². The number of nitrogens with one attached hydrogen (secondary N) is 2. The van der Waals surface area contributed by atoms with Crippen LogP contribution in [0.2, 0.25) is 5.02 Å². The molecule has 0 radical (unpaired) electrons. The summed E-state index contributed by atoms with van der Waals surface area (Å²) >= 11 is 5.83. The van der Waals surface area contributed by atoms with E-state index in [2.05, 4.69) is 15.6 Å². The molecule has 1 aromatic heterocycles. The van der Waals surface area contributed by atoms with Crippen LogP contribution < -0.4 is 10.6 Å². The molecule has 0 bridgehead atoms. The number of hydrogen-bond acceptors (Lipinski definition) is 3. The van der Waals surface area contributed by atoms with Gasteiger partial charge in [-0.25, -0.2) is 0 Å². The number of pyridine rings is 1. The minimum Gasteiger partial charge on any atom is -0.348 e. The number of nitrogens with zero attached hydrogens (tertiary/aromatic N) is 1. The lowest BCUT2D eigenvalue weighted by Crippen LogP contribution is -2.27. The van der Waals surface area contributed by atoms with Crippen molar-refractivity contribution in [2.24, 2.45) is 0 Å². The van der Waals surface area contributed by atoms with Crippen LogP contribution in [0, 0.1) is 0 Å². The van der Waals surface area contributed by atoms with Crippen molar-refractivity contribution >= 4 is 23.4 Å². The van der Waals surface area contributed by atoms with E-state index in [0.29, 0.717) is 17.1 Å². The molecule has 0 spiro atoms. The van der Waals surface area contributed by atoms with Crippen LogP contribution in [0.5, 0.6) is 0 Å². The van der Waals surface area contributed by atoms with Gasteiger partial charge < -0.3 is 10.6 Å². The standard InChI is InChI=1S/C17H16ClN3O2/c18-13-3-1-11(2-4-13)10-20-16(22)12-7-8-19-15(9-12)17(23)21-14-5-6-14/h1-4,7-9,14H,5-6,10H2,(H,20,22)(H,21,23). The molecule has 0 saturated heterocycles. The van der Waals surface area contributed by atoms with E-state index < -0.39 is 0 Å². The first kappa shape index (κ1) is 15.5. The molecule has 5 nitrogen and oxygen atoms in total. The third-order valence-electron chi connectivity index (χ3n) is 3.53. The molecule has 0 atom stereocenters. The molecule has 1 aliphatic rings. The fourth-order valence-electron chi connectivity index (χ4n) is 2.07. The van der Waals surface area contributed by atoms with Gasteiger partial charge in [0.2, 0.25) is 0 Å². The molecule has 3 rings (SSSR count). The highest BCUT2D eigenvalue weighted by atomic mass is 35.5. The summed E-state index contributed by atoms with van der Waals surface area (Å²) in [4.78, 5) is 28.2. The average Bonchev–Trinajstić information content (AvgIpc) is 3.38. The first-order valence-corrected chi connectivity index (χ1v) is 7.79. The van der Waals surface area contributed by atoms with Crippen molar-refractivity contribution in [3.63, 3.8) is 0 Å². The van der Waals surface area contributed by atoms with Crippen molar-refractivity contribution in [1.82, 2.24) is 15.6 Å². The second kappa shape index (κ2) is 6.79. The van der Waals surface area contributed by atoms with Crippen molar-refractivity contribution in [3.8, 4) is 0 Å². The van der Waals surface area contributed by atoms with Crippen LogP contribution in [0.25, 0.3) is 0 Å². The van der Waals surface area contributed by atoms with Crippen molar-refractivity contribution < 1.29 is 9.59 Å². The molecule has 1 heterocycles. The zero-order chi connectivity index (χ0) is 16.2. The van der Waals surface area contributed by atoms with Crippen LogP contribution in [-0.2, 0) is 6.54 Å². The lowest BCUT2D eigenvalue weighted by molar-refractivity contribution is 0.0946. The predicted octanol–water partition coefficient (Wildman–Crippen LogP) is 2.56. The first-order valence-electron chi connectivity index (χ1n) is 7.41. The third-order valence-corrected chi connectivity index (χ3v) is 3.79. The summed E-state index contributed by atoms with van der Waals surface area (Å²) < 4.78 is 0. The van der Waals surface area contributed by atoms with Gasteiger partial charge in [0.1, 0.15) is 5.69 Å². The van der Waals surface area contributed by atoms with Gasteiger partial charge in [0.15, 0.2) is 0 Å². The summed E-state index contributed by atoms with van der Waals surface area (Å²) in [6.45, 7) is 0.391. The highest BCUT2D eigenvalue weighted by Gasteiger charge is 2.24. The van der Waals surface area contributed by atoms with Crippen LogP contribution >= 0.6 is 11.6 Å². The van der Waals surface area contributed by atoms with Crippen LogP contribution in [0.1, 0.15) is 39.3 Å². The quantitative estimate of drug-likeness (QED) is 0.885. The first-order chi connectivity index (χ1) is 11.1. The maximum atomic E-state index is 12.2. The Hall–Kier alpha value is -2.40. The Labute approximate surface area is 139 Å². The van der Waals surface area contributed by atoms with E-state index in [1.165, 1.54) is 12.3 Å². The molecule has 2 amide bonds. The second-order valence-electron chi connectivity index (χ2n) is 5.49. The second-order valence-corrected chi connectivity index (χ2v) is 5.92. The summed E-state index contributed by atoms with van der Waals surface area (Å²) in [6, 6.07) is 10.6. The molecule has 1 saturated carbocycles. The van der Waals surface area contributed by atoms with Crippen LogP contribution in [-0.4, -0.2) is 22.8 Å². The number of aromatic nitrogens is 1. The Balaban J connectivity index is 1.62. The summed E-state index contributed by atoms with van der Waals surface area (Å²) in [7, 11) is 0. The smallest absolute Gasteiger partial charge is 0.270 e. The Bertz CT molecular complexity index is 727. The lowest BCUT2D eigenvalue weighted by atomic mass is 10.2. The number of hydrogen-bond donors (Lipinski definition) is 2. The summed E-state index contributed by atoms with van der Waals surface area (Å²) in [5, 5.41) is 6.32. The maximum Gasteiger partial charge on any atom is 0.270 e. The van der Waals surface area contributed by atoms with E-state index in [1.807, 2.05) is 12.1 Å². The van der Waals surface area contributed by atoms with Gasteiger partial charge in [-0.1, -0.05) is 23.7 Å². The Morgan fingerprint density at radius 2 is 1.87 bits per heavy atom.